The topological polar surface area (TPSA) is 20.2 Å². The van der Waals surface area contributed by atoms with E-state index in [1.807, 2.05) is 12.1 Å². The predicted molar refractivity (Wildman–Crippen MR) is 72.4 cm³/mol. The van der Waals surface area contributed by atoms with Gasteiger partial charge < -0.3 is 5.11 Å². The summed E-state index contributed by atoms with van der Waals surface area (Å²) in [5.41, 5.74) is 2.81. The summed E-state index contributed by atoms with van der Waals surface area (Å²) in [6.07, 6.45) is 0. The lowest BCUT2D eigenvalue weighted by molar-refractivity contribution is 0.272. The lowest BCUT2D eigenvalue weighted by Gasteiger charge is -2.09. The number of aliphatic hydroxyl groups is 1. The standard InChI is InChI=1S/C15H15FOS/c1-10-6-7-12(8-11(10)2)18-15-5-3-4-14(16)13(15)9-17/h3-8,17H,9H2,1-2H3. The van der Waals surface area contributed by atoms with E-state index in [2.05, 4.69) is 26.0 Å². The predicted octanol–water partition coefficient (Wildman–Crippen LogP) is 4.09. The molecule has 0 aromatic heterocycles. The Kier molecular flexibility index (Phi) is 4.04. The van der Waals surface area contributed by atoms with E-state index >= 15 is 0 Å². The summed E-state index contributed by atoms with van der Waals surface area (Å²) in [5, 5.41) is 9.22. The van der Waals surface area contributed by atoms with Crippen molar-refractivity contribution in [2.45, 2.75) is 30.2 Å². The molecule has 2 aromatic rings. The molecule has 1 N–H and O–H groups in total. The van der Waals surface area contributed by atoms with Crippen LogP contribution in [0, 0.1) is 19.7 Å². The summed E-state index contributed by atoms with van der Waals surface area (Å²) in [4.78, 5) is 1.82. The molecule has 0 amide bonds. The summed E-state index contributed by atoms with van der Waals surface area (Å²) in [6.45, 7) is 3.84. The van der Waals surface area contributed by atoms with E-state index in [9.17, 15) is 9.50 Å². The van der Waals surface area contributed by atoms with Crippen molar-refractivity contribution in [2.75, 3.05) is 0 Å². The first-order valence-electron chi connectivity index (χ1n) is 5.75. The minimum atomic E-state index is -0.355. The average molecular weight is 262 g/mol. The van der Waals surface area contributed by atoms with Gasteiger partial charge in [0.05, 0.1) is 6.61 Å². The average Bonchev–Trinajstić information content (AvgIpc) is 2.34. The molecule has 0 heterocycles. The van der Waals surface area contributed by atoms with E-state index < -0.39 is 0 Å². The van der Waals surface area contributed by atoms with Gasteiger partial charge in [-0.15, -0.1) is 0 Å². The first-order valence-corrected chi connectivity index (χ1v) is 6.57. The van der Waals surface area contributed by atoms with Crippen molar-refractivity contribution < 1.29 is 9.50 Å². The summed E-state index contributed by atoms with van der Waals surface area (Å²) in [6, 6.07) is 11.0. The zero-order valence-corrected chi connectivity index (χ0v) is 11.2. The second-order valence-electron chi connectivity index (χ2n) is 4.22. The fourth-order valence-electron chi connectivity index (χ4n) is 1.69. The monoisotopic (exact) mass is 262 g/mol. The Balaban J connectivity index is 2.34. The molecule has 0 spiro atoms. The van der Waals surface area contributed by atoms with E-state index in [1.165, 1.54) is 29.0 Å². The molecule has 3 heteroatoms. The van der Waals surface area contributed by atoms with E-state index in [1.54, 1.807) is 6.07 Å². The van der Waals surface area contributed by atoms with Gasteiger partial charge in [0, 0.05) is 15.4 Å². The molecule has 0 fully saturated rings. The number of aryl methyl sites for hydroxylation is 2. The highest BCUT2D eigenvalue weighted by Gasteiger charge is 2.09. The van der Waals surface area contributed by atoms with Gasteiger partial charge in [-0.05, 0) is 49.2 Å². The zero-order valence-electron chi connectivity index (χ0n) is 10.4. The molecule has 18 heavy (non-hydrogen) atoms. The fraction of sp³-hybridized carbons (Fsp3) is 0.200. The van der Waals surface area contributed by atoms with Crippen LogP contribution in [0.2, 0.25) is 0 Å². The molecule has 0 atom stereocenters. The minimum absolute atomic E-state index is 0.278. The van der Waals surface area contributed by atoms with Crippen molar-refractivity contribution in [3.8, 4) is 0 Å². The smallest absolute Gasteiger partial charge is 0.129 e. The van der Waals surface area contributed by atoms with Gasteiger partial charge in [-0.2, -0.15) is 0 Å². The van der Waals surface area contributed by atoms with Gasteiger partial charge in [0.15, 0.2) is 0 Å². The lowest BCUT2D eigenvalue weighted by Crippen LogP contribution is -1.92. The summed E-state index contributed by atoms with van der Waals surface area (Å²) in [7, 11) is 0. The second-order valence-corrected chi connectivity index (χ2v) is 5.34. The summed E-state index contributed by atoms with van der Waals surface area (Å²) < 4.78 is 13.5. The van der Waals surface area contributed by atoms with Crippen molar-refractivity contribution in [1.82, 2.24) is 0 Å². The Bertz CT molecular complexity index is 566. The highest BCUT2D eigenvalue weighted by Crippen LogP contribution is 2.32. The normalized spacial score (nSPS) is 10.7. The maximum Gasteiger partial charge on any atom is 0.129 e. The van der Waals surface area contributed by atoms with Crippen LogP contribution >= 0.6 is 11.8 Å². The van der Waals surface area contributed by atoms with Crippen LogP contribution in [0.4, 0.5) is 4.39 Å². The van der Waals surface area contributed by atoms with Gasteiger partial charge in [0.25, 0.3) is 0 Å². The van der Waals surface area contributed by atoms with Crippen LogP contribution in [0.1, 0.15) is 16.7 Å². The third-order valence-corrected chi connectivity index (χ3v) is 4.03. The molecular formula is C15H15FOS. The minimum Gasteiger partial charge on any atom is -0.392 e. The molecule has 2 aromatic carbocycles. The quantitative estimate of drug-likeness (QED) is 0.899. The van der Waals surface area contributed by atoms with E-state index in [-0.39, 0.29) is 12.4 Å². The van der Waals surface area contributed by atoms with Gasteiger partial charge in [0.2, 0.25) is 0 Å². The number of benzene rings is 2. The van der Waals surface area contributed by atoms with E-state index in [0.717, 1.165) is 9.79 Å². The molecule has 0 bridgehead atoms. The maximum absolute atomic E-state index is 13.5. The van der Waals surface area contributed by atoms with Gasteiger partial charge in [0.1, 0.15) is 5.82 Å². The Morgan fingerprint density at radius 3 is 2.56 bits per heavy atom. The highest BCUT2D eigenvalue weighted by molar-refractivity contribution is 7.99. The van der Waals surface area contributed by atoms with E-state index in [0.29, 0.717) is 5.56 Å². The third kappa shape index (κ3) is 2.74. The molecule has 0 unspecified atom stereocenters. The Morgan fingerprint density at radius 2 is 1.89 bits per heavy atom. The van der Waals surface area contributed by atoms with Gasteiger partial charge in [-0.3, -0.25) is 0 Å². The van der Waals surface area contributed by atoms with Crippen LogP contribution in [0.5, 0.6) is 0 Å². The highest BCUT2D eigenvalue weighted by atomic mass is 32.2. The van der Waals surface area contributed by atoms with E-state index in [4.69, 9.17) is 0 Å². The molecule has 0 aliphatic heterocycles. The van der Waals surface area contributed by atoms with Crippen LogP contribution in [0.25, 0.3) is 0 Å². The van der Waals surface area contributed by atoms with Crippen molar-refractivity contribution in [2.24, 2.45) is 0 Å². The molecule has 0 aliphatic carbocycles. The Hall–Kier alpha value is -1.32. The molecule has 0 aliphatic rings. The van der Waals surface area contributed by atoms with Crippen molar-refractivity contribution in [1.29, 1.82) is 0 Å². The van der Waals surface area contributed by atoms with Gasteiger partial charge >= 0.3 is 0 Å². The van der Waals surface area contributed by atoms with Crippen LogP contribution in [0.3, 0.4) is 0 Å². The second kappa shape index (κ2) is 5.55. The Labute approximate surface area is 111 Å². The first-order chi connectivity index (χ1) is 8.61. The molecule has 94 valence electrons. The Morgan fingerprint density at radius 1 is 1.11 bits per heavy atom. The first kappa shape index (κ1) is 13.1. The molecule has 2 rings (SSSR count). The number of hydrogen-bond acceptors (Lipinski definition) is 2. The summed E-state index contributed by atoms with van der Waals surface area (Å²) >= 11 is 1.48. The van der Waals surface area contributed by atoms with Crippen LogP contribution in [0.15, 0.2) is 46.2 Å². The number of aliphatic hydroxyl groups excluding tert-OH is 1. The van der Waals surface area contributed by atoms with Crippen LogP contribution in [-0.2, 0) is 6.61 Å². The molecular weight excluding hydrogens is 247 g/mol. The van der Waals surface area contributed by atoms with Crippen molar-refractivity contribution in [3.63, 3.8) is 0 Å². The van der Waals surface area contributed by atoms with Gasteiger partial charge in [-0.25, -0.2) is 4.39 Å². The maximum atomic E-state index is 13.5. The third-order valence-electron chi connectivity index (χ3n) is 2.94. The fourth-order valence-corrected chi connectivity index (χ4v) is 2.75. The number of halogens is 1. The van der Waals surface area contributed by atoms with Crippen LogP contribution in [-0.4, -0.2) is 5.11 Å². The van der Waals surface area contributed by atoms with Crippen molar-refractivity contribution >= 4 is 11.8 Å². The summed E-state index contributed by atoms with van der Waals surface area (Å²) in [5.74, 6) is -0.355. The molecule has 0 saturated carbocycles. The zero-order chi connectivity index (χ0) is 13.1. The van der Waals surface area contributed by atoms with Crippen molar-refractivity contribution in [3.05, 3.63) is 58.9 Å². The van der Waals surface area contributed by atoms with Crippen LogP contribution < -0.4 is 0 Å². The van der Waals surface area contributed by atoms with Gasteiger partial charge in [-0.1, -0.05) is 23.9 Å². The molecule has 1 nitrogen and oxygen atoms in total. The molecule has 0 radical (unpaired) electrons. The number of rotatable bonds is 3. The number of hydrogen-bond donors (Lipinski definition) is 1. The molecule has 0 saturated heterocycles. The largest absolute Gasteiger partial charge is 0.392 e. The lowest BCUT2D eigenvalue weighted by atomic mass is 10.1. The SMILES string of the molecule is Cc1ccc(Sc2cccc(F)c2CO)cc1C.